The Morgan fingerprint density at radius 3 is 2.21 bits per heavy atom. The average Bonchev–Trinajstić information content (AvgIpc) is 2.80. The van der Waals surface area contributed by atoms with E-state index in [1.807, 2.05) is 42.5 Å². The molecule has 1 amide bonds. The van der Waals surface area contributed by atoms with Crippen molar-refractivity contribution in [3.63, 3.8) is 0 Å². The van der Waals surface area contributed by atoms with Crippen LogP contribution in [0.15, 0.2) is 71.5 Å². The molecule has 0 bridgehead atoms. The summed E-state index contributed by atoms with van der Waals surface area (Å²) in [5.74, 6) is 0.659. The van der Waals surface area contributed by atoms with E-state index in [9.17, 15) is 9.59 Å². The minimum Gasteiger partial charge on any atom is -0.497 e. The molecule has 2 heterocycles. The molecule has 1 aromatic heterocycles. The normalized spacial score (nSPS) is 14.0. The number of para-hydroxylation sites is 1. The second kappa shape index (κ2) is 8.18. The van der Waals surface area contributed by atoms with Crippen molar-refractivity contribution in [1.82, 2.24) is 14.7 Å². The summed E-state index contributed by atoms with van der Waals surface area (Å²) in [6.45, 7) is 2.65. The van der Waals surface area contributed by atoms with Crippen LogP contribution in [0.4, 0.5) is 5.69 Å². The SMILES string of the molecule is COc1ccc(N2CCN(C(=O)c3ccc(=O)n(-c4ccccc4)n3)CC2)cc1. The molecule has 0 unspecified atom stereocenters. The van der Waals surface area contributed by atoms with Gasteiger partial charge in [0.25, 0.3) is 11.5 Å². The highest BCUT2D eigenvalue weighted by atomic mass is 16.5. The van der Waals surface area contributed by atoms with Crippen molar-refractivity contribution < 1.29 is 9.53 Å². The molecule has 148 valence electrons. The van der Waals surface area contributed by atoms with E-state index in [4.69, 9.17) is 4.74 Å². The molecule has 3 aromatic rings. The number of piperazine rings is 1. The van der Waals surface area contributed by atoms with E-state index in [2.05, 4.69) is 10.00 Å². The fraction of sp³-hybridized carbons (Fsp3) is 0.227. The molecular weight excluding hydrogens is 368 g/mol. The predicted octanol–water partition coefficient (Wildman–Crippen LogP) is 2.20. The summed E-state index contributed by atoms with van der Waals surface area (Å²) >= 11 is 0. The first-order chi connectivity index (χ1) is 14.2. The van der Waals surface area contributed by atoms with Gasteiger partial charge < -0.3 is 14.5 Å². The molecule has 29 heavy (non-hydrogen) atoms. The molecule has 4 rings (SSSR count). The zero-order valence-electron chi connectivity index (χ0n) is 16.2. The number of rotatable bonds is 4. The van der Waals surface area contributed by atoms with Crippen molar-refractivity contribution in [1.29, 1.82) is 0 Å². The van der Waals surface area contributed by atoms with Gasteiger partial charge in [-0.15, -0.1) is 0 Å². The van der Waals surface area contributed by atoms with Crippen molar-refractivity contribution >= 4 is 11.6 Å². The summed E-state index contributed by atoms with van der Waals surface area (Å²) in [4.78, 5) is 29.1. The number of nitrogens with zero attached hydrogens (tertiary/aromatic N) is 4. The summed E-state index contributed by atoms with van der Waals surface area (Å²) in [7, 11) is 1.65. The maximum Gasteiger partial charge on any atom is 0.274 e. The Balaban J connectivity index is 1.46. The van der Waals surface area contributed by atoms with E-state index in [1.165, 1.54) is 16.8 Å². The summed E-state index contributed by atoms with van der Waals surface area (Å²) in [6, 6.07) is 19.9. The summed E-state index contributed by atoms with van der Waals surface area (Å²) in [5.41, 5.74) is 1.74. The Kier molecular flexibility index (Phi) is 5.29. The first-order valence-corrected chi connectivity index (χ1v) is 9.50. The van der Waals surface area contributed by atoms with Crippen LogP contribution in [0, 0.1) is 0 Å². The Bertz CT molecular complexity index is 1040. The van der Waals surface area contributed by atoms with E-state index >= 15 is 0 Å². The fourth-order valence-corrected chi connectivity index (χ4v) is 3.40. The van der Waals surface area contributed by atoms with Gasteiger partial charge in [0.1, 0.15) is 11.4 Å². The number of amides is 1. The van der Waals surface area contributed by atoms with Crippen molar-refractivity contribution in [2.24, 2.45) is 0 Å². The lowest BCUT2D eigenvalue weighted by Gasteiger charge is -2.36. The molecule has 1 saturated heterocycles. The zero-order valence-corrected chi connectivity index (χ0v) is 16.2. The van der Waals surface area contributed by atoms with Gasteiger partial charge in [0.15, 0.2) is 0 Å². The lowest BCUT2D eigenvalue weighted by Crippen LogP contribution is -2.49. The molecule has 7 nitrogen and oxygen atoms in total. The molecule has 0 saturated carbocycles. The number of benzene rings is 2. The number of hydrogen-bond acceptors (Lipinski definition) is 5. The Hall–Kier alpha value is -3.61. The highest BCUT2D eigenvalue weighted by Crippen LogP contribution is 2.21. The van der Waals surface area contributed by atoms with Gasteiger partial charge >= 0.3 is 0 Å². The Labute approximate surface area is 168 Å². The minimum atomic E-state index is -0.267. The van der Waals surface area contributed by atoms with Gasteiger partial charge in [0.2, 0.25) is 0 Å². The van der Waals surface area contributed by atoms with E-state index in [0.717, 1.165) is 24.5 Å². The summed E-state index contributed by atoms with van der Waals surface area (Å²) < 4.78 is 6.47. The number of carbonyl (C=O) groups is 1. The summed E-state index contributed by atoms with van der Waals surface area (Å²) in [5, 5.41) is 4.30. The Morgan fingerprint density at radius 1 is 0.862 bits per heavy atom. The standard InChI is InChI=1S/C22H22N4O3/c1-29-19-9-7-17(8-10-19)24-13-15-25(16-14-24)22(28)20-11-12-21(27)26(23-20)18-5-3-2-4-6-18/h2-12H,13-16H2,1H3. The van der Waals surface area contributed by atoms with Gasteiger partial charge in [0.05, 0.1) is 12.8 Å². The highest BCUT2D eigenvalue weighted by molar-refractivity contribution is 5.92. The Morgan fingerprint density at radius 2 is 1.55 bits per heavy atom. The highest BCUT2D eigenvalue weighted by Gasteiger charge is 2.24. The zero-order chi connectivity index (χ0) is 20.2. The molecule has 1 aliphatic rings. The van der Waals surface area contributed by atoms with Crippen LogP contribution in [-0.2, 0) is 0 Å². The van der Waals surface area contributed by atoms with Crippen LogP contribution in [0.25, 0.3) is 5.69 Å². The van der Waals surface area contributed by atoms with Gasteiger partial charge in [-0.2, -0.15) is 9.78 Å². The second-order valence-corrected chi connectivity index (χ2v) is 6.78. The van der Waals surface area contributed by atoms with E-state index in [1.54, 1.807) is 24.1 Å². The molecule has 1 fully saturated rings. The van der Waals surface area contributed by atoms with Gasteiger partial charge in [-0.25, -0.2) is 0 Å². The predicted molar refractivity (Wildman–Crippen MR) is 111 cm³/mol. The number of anilines is 1. The quantitative estimate of drug-likeness (QED) is 0.683. The van der Waals surface area contributed by atoms with Crippen LogP contribution < -0.4 is 15.2 Å². The van der Waals surface area contributed by atoms with Crippen molar-refractivity contribution in [3.8, 4) is 11.4 Å². The van der Waals surface area contributed by atoms with Crippen LogP contribution >= 0.6 is 0 Å². The third kappa shape index (κ3) is 3.99. The monoisotopic (exact) mass is 390 g/mol. The molecule has 0 atom stereocenters. The van der Waals surface area contributed by atoms with Crippen LogP contribution in [0.1, 0.15) is 10.5 Å². The lowest BCUT2D eigenvalue weighted by molar-refractivity contribution is 0.0739. The van der Waals surface area contributed by atoms with Crippen LogP contribution in [0.2, 0.25) is 0 Å². The van der Waals surface area contributed by atoms with Gasteiger partial charge in [0, 0.05) is 37.9 Å². The molecule has 0 aliphatic carbocycles. The van der Waals surface area contributed by atoms with Gasteiger partial charge in [-0.3, -0.25) is 9.59 Å². The third-order valence-corrected chi connectivity index (χ3v) is 5.02. The molecule has 2 aromatic carbocycles. The molecular formula is C22H22N4O3. The molecule has 0 N–H and O–H groups in total. The van der Waals surface area contributed by atoms with Crippen molar-refractivity contribution in [2.75, 3.05) is 38.2 Å². The molecule has 0 spiro atoms. The maximum atomic E-state index is 12.9. The first kappa shape index (κ1) is 18.7. The first-order valence-electron chi connectivity index (χ1n) is 9.50. The van der Waals surface area contributed by atoms with Crippen molar-refractivity contribution in [2.45, 2.75) is 0 Å². The molecule has 1 aliphatic heterocycles. The minimum absolute atomic E-state index is 0.163. The average molecular weight is 390 g/mol. The summed E-state index contributed by atoms with van der Waals surface area (Å²) in [6.07, 6.45) is 0. The second-order valence-electron chi connectivity index (χ2n) is 6.78. The van der Waals surface area contributed by atoms with E-state index in [0.29, 0.717) is 18.8 Å². The fourth-order valence-electron chi connectivity index (χ4n) is 3.40. The van der Waals surface area contributed by atoms with E-state index in [-0.39, 0.29) is 17.2 Å². The van der Waals surface area contributed by atoms with Gasteiger partial charge in [-0.05, 0) is 42.5 Å². The number of carbonyl (C=O) groups excluding carboxylic acids is 1. The third-order valence-electron chi connectivity index (χ3n) is 5.02. The number of methoxy groups -OCH3 is 1. The van der Waals surface area contributed by atoms with Gasteiger partial charge in [-0.1, -0.05) is 18.2 Å². The molecule has 0 radical (unpaired) electrons. The van der Waals surface area contributed by atoms with Crippen LogP contribution in [0.3, 0.4) is 0 Å². The topological polar surface area (TPSA) is 67.7 Å². The van der Waals surface area contributed by atoms with Crippen molar-refractivity contribution in [3.05, 3.63) is 82.8 Å². The number of aromatic nitrogens is 2. The van der Waals surface area contributed by atoms with E-state index < -0.39 is 0 Å². The maximum absolute atomic E-state index is 12.9. The van der Waals surface area contributed by atoms with Crippen LogP contribution in [-0.4, -0.2) is 53.9 Å². The smallest absolute Gasteiger partial charge is 0.274 e. The number of hydrogen-bond donors (Lipinski definition) is 0. The van der Waals surface area contributed by atoms with Crippen LogP contribution in [0.5, 0.6) is 5.75 Å². The molecule has 7 heteroatoms. The lowest BCUT2D eigenvalue weighted by atomic mass is 10.2. The largest absolute Gasteiger partial charge is 0.497 e. The number of ether oxygens (including phenoxy) is 1.